The van der Waals surface area contributed by atoms with Gasteiger partial charge in [-0.25, -0.2) is 0 Å². The van der Waals surface area contributed by atoms with E-state index < -0.39 is 0 Å². The van der Waals surface area contributed by atoms with Crippen molar-refractivity contribution in [1.82, 2.24) is 0 Å². The second-order valence-electron chi connectivity index (χ2n) is 4.80. The van der Waals surface area contributed by atoms with Crippen LogP contribution in [-0.4, -0.2) is 0 Å². The quantitative estimate of drug-likeness (QED) is 0.349. The summed E-state index contributed by atoms with van der Waals surface area (Å²) in [5.74, 6) is 0. The van der Waals surface area contributed by atoms with E-state index in [4.69, 9.17) is 0 Å². The zero-order chi connectivity index (χ0) is 28.0. The summed E-state index contributed by atoms with van der Waals surface area (Å²) in [5.41, 5.74) is 4.06. The molecule has 34 heavy (non-hydrogen) atoms. The zero-order valence-corrected chi connectivity index (χ0v) is 25.9. The van der Waals surface area contributed by atoms with E-state index in [1.165, 1.54) is 16.7 Å². The number of hydrogen-bond donors (Lipinski definition) is 0. The second-order valence-corrected chi connectivity index (χ2v) is 4.80. The lowest BCUT2D eigenvalue weighted by atomic mass is 10.1. The van der Waals surface area contributed by atoms with Crippen molar-refractivity contribution < 1.29 is 0 Å². The molecule has 0 atom stereocenters. The van der Waals surface area contributed by atoms with Crippen LogP contribution in [0, 0.1) is 6.92 Å². The van der Waals surface area contributed by atoms with Gasteiger partial charge in [-0.1, -0.05) is 193 Å². The Balaban J connectivity index is -0.0000000801. The van der Waals surface area contributed by atoms with Gasteiger partial charge in [-0.05, 0) is 24.5 Å². The molecular formula is C34H62. The maximum atomic E-state index is 2.16. The third-order valence-electron chi connectivity index (χ3n) is 3.03. The molecule has 0 aromatic heterocycles. The average molecular weight is 471 g/mol. The van der Waals surface area contributed by atoms with Crippen LogP contribution < -0.4 is 0 Å². The smallest absolute Gasteiger partial charge is 0.00258 e. The molecule has 0 unspecified atom stereocenters. The molecule has 0 fully saturated rings. The fourth-order valence-corrected chi connectivity index (χ4v) is 1.96. The van der Waals surface area contributed by atoms with Crippen molar-refractivity contribution in [2.45, 2.75) is 110 Å². The van der Waals surface area contributed by atoms with Gasteiger partial charge in [0.2, 0.25) is 0 Å². The van der Waals surface area contributed by atoms with Crippen LogP contribution in [0.15, 0.2) is 91.0 Å². The number of hydrogen-bond acceptors (Lipinski definition) is 0. The molecule has 0 N–H and O–H groups in total. The van der Waals surface area contributed by atoms with Gasteiger partial charge in [-0.2, -0.15) is 0 Å². The van der Waals surface area contributed by atoms with Gasteiger partial charge in [-0.3, -0.25) is 0 Å². The summed E-state index contributed by atoms with van der Waals surface area (Å²) >= 11 is 0. The van der Waals surface area contributed by atoms with Crippen LogP contribution >= 0.6 is 0 Å². The standard InChI is InChI=1S/C13H12.C7H8.7C2H6/c1-3-7-12(8-4-1)11-13-9-5-2-6-10-13;1-7-5-3-2-4-6-7;7*1-2/h1-10H,11H2;2-6H,1H3;7*1-2H3. The van der Waals surface area contributed by atoms with Crippen molar-refractivity contribution >= 4 is 0 Å². The molecule has 0 radical (unpaired) electrons. The maximum Gasteiger partial charge on any atom is -0.00258 e. The third-order valence-corrected chi connectivity index (χ3v) is 3.03. The first-order valence-electron chi connectivity index (χ1n) is 13.9. The van der Waals surface area contributed by atoms with E-state index in [9.17, 15) is 0 Å². The Hall–Kier alpha value is -2.34. The van der Waals surface area contributed by atoms with Gasteiger partial charge >= 0.3 is 0 Å². The molecule has 0 aliphatic rings. The van der Waals surface area contributed by atoms with Gasteiger partial charge < -0.3 is 0 Å². The molecule has 0 spiro atoms. The monoisotopic (exact) mass is 470 g/mol. The van der Waals surface area contributed by atoms with Crippen LogP contribution in [0.4, 0.5) is 0 Å². The summed E-state index contributed by atoms with van der Waals surface area (Å²) in [4.78, 5) is 0. The Morgan fingerprint density at radius 2 is 0.529 bits per heavy atom. The summed E-state index contributed by atoms with van der Waals surface area (Å²) < 4.78 is 0. The zero-order valence-electron chi connectivity index (χ0n) is 25.9. The third kappa shape index (κ3) is 37.0. The second kappa shape index (κ2) is 52.5. The highest BCUT2D eigenvalue weighted by molar-refractivity contribution is 5.25. The minimum Gasteiger partial charge on any atom is -0.0683 e. The van der Waals surface area contributed by atoms with E-state index in [-0.39, 0.29) is 0 Å². The van der Waals surface area contributed by atoms with Crippen molar-refractivity contribution in [3.63, 3.8) is 0 Å². The topological polar surface area (TPSA) is 0 Å². The lowest BCUT2D eigenvalue weighted by Gasteiger charge is -2.00. The first-order chi connectivity index (χ1) is 16.8. The largest absolute Gasteiger partial charge is 0.0683 e. The fraction of sp³-hybridized carbons (Fsp3) is 0.471. The van der Waals surface area contributed by atoms with Gasteiger partial charge in [0, 0.05) is 0 Å². The minimum absolute atomic E-state index is 1.03. The van der Waals surface area contributed by atoms with Gasteiger partial charge in [0.15, 0.2) is 0 Å². The van der Waals surface area contributed by atoms with E-state index in [0.717, 1.165) is 6.42 Å². The highest BCUT2D eigenvalue weighted by Gasteiger charge is 1.92. The molecule has 0 aliphatic heterocycles. The Morgan fingerprint density at radius 1 is 0.324 bits per heavy atom. The first kappa shape index (κ1) is 45.2. The molecule has 0 amide bonds. The molecule has 3 aromatic carbocycles. The van der Waals surface area contributed by atoms with Crippen molar-refractivity contribution in [3.05, 3.63) is 108 Å². The van der Waals surface area contributed by atoms with Crippen molar-refractivity contribution in [2.75, 3.05) is 0 Å². The number of benzene rings is 3. The molecule has 0 bridgehead atoms. The molecule has 198 valence electrons. The summed E-state index contributed by atoms with van der Waals surface area (Å²) in [5, 5.41) is 0. The van der Waals surface area contributed by atoms with E-state index in [2.05, 4.69) is 79.7 Å². The summed E-state index contributed by atoms with van der Waals surface area (Å²) in [6.07, 6.45) is 1.03. The fourth-order valence-electron chi connectivity index (χ4n) is 1.96. The Labute approximate surface area is 217 Å². The van der Waals surface area contributed by atoms with Gasteiger partial charge in [-0.15, -0.1) is 0 Å². The van der Waals surface area contributed by atoms with Crippen LogP contribution in [-0.2, 0) is 6.42 Å². The summed E-state index contributed by atoms with van der Waals surface area (Å²) in [7, 11) is 0. The lowest BCUT2D eigenvalue weighted by Crippen LogP contribution is -1.85. The predicted octanol–water partition coefficient (Wildman–Crippen LogP) is 12.5. The van der Waals surface area contributed by atoms with Crippen molar-refractivity contribution in [1.29, 1.82) is 0 Å². The van der Waals surface area contributed by atoms with Gasteiger partial charge in [0.05, 0.1) is 0 Å². The van der Waals surface area contributed by atoms with E-state index in [0.29, 0.717) is 0 Å². The van der Waals surface area contributed by atoms with Crippen LogP contribution in [0.3, 0.4) is 0 Å². The van der Waals surface area contributed by atoms with E-state index in [1.54, 1.807) is 0 Å². The Bertz CT molecular complexity index is 545. The normalized spacial score (nSPS) is 6.79. The highest BCUT2D eigenvalue weighted by Crippen LogP contribution is 2.07. The minimum atomic E-state index is 1.03. The van der Waals surface area contributed by atoms with Crippen molar-refractivity contribution in [3.8, 4) is 0 Å². The molecule has 0 saturated carbocycles. The highest BCUT2D eigenvalue weighted by atomic mass is 14.0. The molecule has 0 heterocycles. The van der Waals surface area contributed by atoms with Gasteiger partial charge in [0.25, 0.3) is 0 Å². The van der Waals surface area contributed by atoms with Crippen LogP contribution in [0.1, 0.15) is 114 Å². The Kier molecular flexibility index (Phi) is 69.8. The molecule has 3 rings (SSSR count). The summed E-state index contributed by atoms with van der Waals surface area (Å²) in [6, 6.07) is 31.3. The van der Waals surface area contributed by atoms with Crippen LogP contribution in [0.5, 0.6) is 0 Å². The molecule has 0 saturated heterocycles. The van der Waals surface area contributed by atoms with Crippen molar-refractivity contribution in [2.24, 2.45) is 0 Å². The SMILES string of the molecule is CC.CC.CC.CC.CC.CC.CC.Cc1ccccc1.c1ccc(Cc2ccccc2)cc1. The first-order valence-corrected chi connectivity index (χ1v) is 13.9. The number of rotatable bonds is 2. The molecular weight excluding hydrogens is 408 g/mol. The lowest BCUT2D eigenvalue weighted by molar-refractivity contribution is 1.19. The Morgan fingerprint density at radius 3 is 0.706 bits per heavy atom. The molecule has 3 aromatic rings. The molecule has 0 aliphatic carbocycles. The average Bonchev–Trinajstić information content (AvgIpc) is 2.98. The van der Waals surface area contributed by atoms with Crippen LogP contribution in [0.2, 0.25) is 0 Å². The van der Waals surface area contributed by atoms with Gasteiger partial charge in [0.1, 0.15) is 0 Å². The van der Waals surface area contributed by atoms with E-state index in [1.807, 2.05) is 115 Å². The molecule has 0 heteroatoms. The predicted molar refractivity (Wildman–Crippen MR) is 166 cm³/mol. The maximum absolute atomic E-state index is 2.16. The summed E-state index contributed by atoms with van der Waals surface area (Å²) in [6.45, 7) is 30.1. The van der Waals surface area contributed by atoms with E-state index >= 15 is 0 Å². The number of aryl methyl sites for hydroxylation is 1. The molecule has 0 nitrogen and oxygen atoms in total. The van der Waals surface area contributed by atoms with Crippen LogP contribution in [0.25, 0.3) is 0 Å².